The number of hydrogen-bond donors (Lipinski definition) is 1. The number of nitrogens with zero attached hydrogens (tertiary/aromatic N) is 3. The van der Waals surface area contributed by atoms with E-state index in [0.29, 0.717) is 6.42 Å². The summed E-state index contributed by atoms with van der Waals surface area (Å²) in [5.74, 6) is -0.111. The highest BCUT2D eigenvalue weighted by atomic mass is 79.9. The van der Waals surface area contributed by atoms with Gasteiger partial charge in [-0.15, -0.1) is 0 Å². The number of benzene rings is 1. The molecular formula is C17H16BrN4O+. The van der Waals surface area contributed by atoms with Crippen molar-refractivity contribution in [2.24, 2.45) is 0 Å². The Kier molecular flexibility index (Phi) is 3.49. The molecule has 3 aromatic rings. The summed E-state index contributed by atoms with van der Waals surface area (Å²) in [4.78, 5) is 21.5. The molecule has 1 unspecified atom stereocenters. The van der Waals surface area contributed by atoms with E-state index in [-0.39, 0.29) is 11.7 Å². The first-order valence-electron chi connectivity index (χ1n) is 7.72. The maximum Gasteiger partial charge on any atom is 0.354 e. The zero-order valence-corrected chi connectivity index (χ0v) is 14.3. The number of rotatable bonds is 3. The van der Waals surface area contributed by atoms with Crippen LogP contribution in [-0.2, 0) is 17.8 Å². The Bertz CT molecular complexity index is 918. The number of aromatic amines is 1. The van der Waals surface area contributed by atoms with Gasteiger partial charge in [-0.2, -0.15) is 4.68 Å². The smallest absolute Gasteiger partial charge is 0.298 e. The topological polar surface area (TPSA) is 62.5 Å². The minimum atomic E-state index is -0.307. The van der Waals surface area contributed by atoms with Crippen LogP contribution in [0.4, 0.5) is 0 Å². The van der Waals surface area contributed by atoms with Gasteiger partial charge in [-0.3, -0.25) is 4.79 Å². The standard InChI is InChI=1S/C17H15BrN4O/c1-2-5-22-17-13(8-21-22)16(19-9-20-17)15-12-7-11(18)4-3-10(12)6-14(15)23/h3-4,7-9,15H,2,5-6H2,1H3/p+1. The zero-order chi connectivity index (χ0) is 16.0. The summed E-state index contributed by atoms with van der Waals surface area (Å²) in [5, 5.41) is 4.15. The van der Waals surface area contributed by atoms with Crippen LogP contribution in [0.1, 0.15) is 36.1 Å². The number of aryl methyl sites for hydroxylation is 1. The van der Waals surface area contributed by atoms with Crippen molar-refractivity contribution >= 4 is 32.7 Å². The highest BCUT2D eigenvalue weighted by molar-refractivity contribution is 9.10. The maximum atomic E-state index is 12.6. The second-order valence-electron chi connectivity index (χ2n) is 5.84. The van der Waals surface area contributed by atoms with E-state index in [0.717, 1.165) is 45.3 Å². The van der Waals surface area contributed by atoms with Crippen LogP contribution in [-0.4, -0.2) is 20.8 Å². The third kappa shape index (κ3) is 2.28. The van der Waals surface area contributed by atoms with Crippen LogP contribution in [0.2, 0.25) is 0 Å². The molecule has 5 nitrogen and oxygen atoms in total. The molecule has 1 aliphatic carbocycles. The average Bonchev–Trinajstić information content (AvgIpc) is 3.08. The fraction of sp³-hybridized carbons (Fsp3) is 0.294. The lowest BCUT2D eigenvalue weighted by molar-refractivity contribution is -0.728. The zero-order valence-electron chi connectivity index (χ0n) is 12.7. The normalized spacial score (nSPS) is 17.0. The Morgan fingerprint density at radius 2 is 2.26 bits per heavy atom. The first kappa shape index (κ1) is 14.5. The number of carbonyl (C=O) groups is 1. The number of halogens is 1. The molecule has 0 amide bonds. The molecule has 0 bridgehead atoms. The van der Waals surface area contributed by atoms with Gasteiger partial charge in [-0.25, -0.2) is 10.1 Å². The molecule has 0 spiro atoms. The van der Waals surface area contributed by atoms with E-state index in [1.165, 1.54) is 0 Å². The number of nitrogens with one attached hydrogen (secondary N) is 1. The van der Waals surface area contributed by atoms with E-state index in [1.54, 1.807) is 6.33 Å². The summed E-state index contributed by atoms with van der Waals surface area (Å²) in [6, 6.07) is 6.03. The van der Waals surface area contributed by atoms with Crippen LogP contribution in [0.5, 0.6) is 0 Å². The van der Waals surface area contributed by atoms with Crippen LogP contribution in [0, 0.1) is 0 Å². The number of aromatic nitrogens is 4. The highest BCUT2D eigenvalue weighted by Crippen LogP contribution is 2.38. The second-order valence-corrected chi connectivity index (χ2v) is 6.76. The number of ketones is 1. The summed E-state index contributed by atoms with van der Waals surface area (Å²) < 4.78 is 2.98. The van der Waals surface area contributed by atoms with Gasteiger partial charge in [0.2, 0.25) is 6.33 Å². The van der Waals surface area contributed by atoms with Crippen LogP contribution in [0.25, 0.3) is 11.0 Å². The average molecular weight is 372 g/mol. The predicted octanol–water partition coefficient (Wildman–Crippen LogP) is 2.68. The number of carbonyl (C=O) groups excluding carboxylic acids is 1. The molecule has 2 aromatic heterocycles. The van der Waals surface area contributed by atoms with Crippen molar-refractivity contribution in [1.82, 2.24) is 15.1 Å². The molecule has 116 valence electrons. The molecule has 0 radical (unpaired) electrons. The molecule has 1 aromatic carbocycles. The molecule has 0 saturated carbocycles. The summed E-state index contributed by atoms with van der Waals surface area (Å²) in [7, 11) is 0. The van der Waals surface area contributed by atoms with Crippen molar-refractivity contribution in [1.29, 1.82) is 0 Å². The molecule has 0 saturated heterocycles. The van der Waals surface area contributed by atoms with Gasteiger partial charge < -0.3 is 0 Å². The maximum absolute atomic E-state index is 12.6. The van der Waals surface area contributed by atoms with E-state index >= 15 is 0 Å². The van der Waals surface area contributed by atoms with Gasteiger partial charge in [0.1, 0.15) is 11.9 Å². The monoisotopic (exact) mass is 371 g/mol. The van der Waals surface area contributed by atoms with Gasteiger partial charge in [-0.05, 0) is 34.7 Å². The van der Waals surface area contributed by atoms with Crippen LogP contribution >= 0.6 is 15.9 Å². The van der Waals surface area contributed by atoms with Crippen LogP contribution < -0.4 is 4.68 Å². The van der Waals surface area contributed by atoms with Gasteiger partial charge in [-0.1, -0.05) is 28.9 Å². The van der Waals surface area contributed by atoms with E-state index in [2.05, 4.69) is 37.9 Å². The summed E-state index contributed by atoms with van der Waals surface area (Å²) >= 11 is 3.50. The van der Waals surface area contributed by atoms with E-state index < -0.39 is 0 Å². The van der Waals surface area contributed by atoms with Crippen molar-refractivity contribution in [3.05, 3.63) is 52.0 Å². The Morgan fingerprint density at radius 1 is 1.39 bits per heavy atom. The Morgan fingerprint density at radius 3 is 3.09 bits per heavy atom. The number of fused-ring (bicyclic) bond motifs is 2. The van der Waals surface area contributed by atoms with Gasteiger partial charge in [0, 0.05) is 10.9 Å². The van der Waals surface area contributed by atoms with Crippen molar-refractivity contribution in [2.45, 2.75) is 32.2 Å². The Labute approximate surface area is 141 Å². The van der Waals surface area contributed by atoms with Crippen molar-refractivity contribution in [3.63, 3.8) is 0 Å². The second kappa shape index (κ2) is 5.53. The van der Waals surface area contributed by atoms with Gasteiger partial charge >= 0.3 is 5.65 Å². The summed E-state index contributed by atoms with van der Waals surface area (Å²) in [6.07, 6.45) is 4.94. The third-order valence-corrected chi connectivity index (χ3v) is 4.83. The number of hydrogen-bond acceptors (Lipinski definition) is 3. The van der Waals surface area contributed by atoms with Crippen LogP contribution in [0.15, 0.2) is 35.2 Å². The third-order valence-electron chi connectivity index (χ3n) is 4.34. The minimum absolute atomic E-state index is 0.196. The number of Topliss-reactive ketones (excluding diaryl/α,β-unsaturated/α-hetero) is 1. The van der Waals surface area contributed by atoms with Gasteiger partial charge in [0.05, 0.1) is 17.8 Å². The summed E-state index contributed by atoms with van der Waals surface area (Å²) in [6.45, 7) is 2.98. The van der Waals surface area contributed by atoms with Crippen molar-refractivity contribution < 1.29 is 9.48 Å². The Hall–Kier alpha value is -2.08. The number of H-pyrrole nitrogens is 1. The molecule has 0 aliphatic heterocycles. The lowest BCUT2D eigenvalue weighted by Crippen LogP contribution is -2.36. The lowest BCUT2D eigenvalue weighted by atomic mass is 9.95. The lowest BCUT2D eigenvalue weighted by Gasteiger charge is -2.09. The van der Waals surface area contributed by atoms with E-state index in [9.17, 15) is 4.79 Å². The molecule has 2 heterocycles. The fourth-order valence-corrected chi connectivity index (χ4v) is 3.72. The Balaban J connectivity index is 1.90. The van der Waals surface area contributed by atoms with Gasteiger partial charge in [0.15, 0.2) is 5.78 Å². The van der Waals surface area contributed by atoms with Crippen molar-refractivity contribution in [3.8, 4) is 0 Å². The SMILES string of the molecule is CCC[n+]1[nH]cc2c(C3C(=O)Cc4ccc(Br)cc43)ncnc21. The molecule has 1 aliphatic rings. The molecule has 0 fully saturated rings. The minimum Gasteiger partial charge on any atom is -0.298 e. The molecule has 1 atom stereocenters. The highest BCUT2D eigenvalue weighted by Gasteiger charge is 2.35. The van der Waals surface area contributed by atoms with Crippen molar-refractivity contribution in [2.75, 3.05) is 0 Å². The molecular weight excluding hydrogens is 356 g/mol. The molecule has 23 heavy (non-hydrogen) atoms. The summed E-state index contributed by atoms with van der Waals surface area (Å²) in [5.41, 5.74) is 3.79. The first-order chi connectivity index (χ1) is 11.2. The van der Waals surface area contributed by atoms with E-state index in [1.807, 2.05) is 29.1 Å². The molecule has 4 rings (SSSR count). The fourth-order valence-electron chi connectivity index (χ4n) is 3.34. The van der Waals surface area contributed by atoms with Gasteiger partial charge in [0.25, 0.3) is 0 Å². The molecule has 6 heteroatoms. The first-order valence-corrected chi connectivity index (χ1v) is 8.51. The van der Waals surface area contributed by atoms with Crippen LogP contribution in [0.3, 0.4) is 0 Å². The molecule has 1 N–H and O–H groups in total. The van der Waals surface area contributed by atoms with E-state index in [4.69, 9.17) is 0 Å². The predicted molar refractivity (Wildman–Crippen MR) is 89.1 cm³/mol. The quantitative estimate of drug-likeness (QED) is 0.719. The largest absolute Gasteiger partial charge is 0.354 e.